The van der Waals surface area contributed by atoms with Gasteiger partial charge in [0.15, 0.2) is 5.17 Å². The van der Waals surface area contributed by atoms with Gasteiger partial charge >= 0.3 is 0 Å². The van der Waals surface area contributed by atoms with E-state index in [-0.39, 0.29) is 5.54 Å². The maximum Gasteiger partial charge on any atom is 0.161 e. The van der Waals surface area contributed by atoms with Crippen LogP contribution in [0.2, 0.25) is 15.1 Å². The lowest BCUT2D eigenvalue weighted by Gasteiger charge is -2.16. The van der Waals surface area contributed by atoms with Gasteiger partial charge in [-0.3, -0.25) is 4.99 Å². The van der Waals surface area contributed by atoms with Gasteiger partial charge in [-0.05, 0) is 25.0 Å². The quantitative estimate of drug-likeness (QED) is 0.735. The molecule has 1 saturated carbocycles. The highest BCUT2D eigenvalue weighted by atomic mass is 35.5. The van der Waals surface area contributed by atoms with E-state index in [9.17, 15) is 0 Å². The van der Waals surface area contributed by atoms with E-state index in [1.165, 1.54) is 25.7 Å². The molecule has 0 bridgehead atoms. The van der Waals surface area contributed by atoms with Crippen LogP contribution in [0.3, 0.4) is 0 Å². The van der Waals surface area contributed by atoms with Gasteiger partial charge in [-0.15, -0.1) is 0 Å². The second-order valence-corrected chi connectivity index (χ2v) is 7.22. The highest BCUT2D eigenvalue weighted by Crippen LogP contribution is 2.42. The molecule has 0 radical (unpaired) electrons. The standard InChI is InChI=1S/C13H13Cl3N2S/c14-8-5-9(15)11(10(16)6-8)17-12-18-13(7-19-12)3-1-2-4-13/h5-6H,1-4,7H2,(H,17,18). The average molecular weight is 336 g/mol. The molecule has 0 saturated heterocycles. The Bertz CT molecular complexity index is 516. The number of nitrogens with zero attached hydrogens (tertiary/aromatic N) is 1. The number of thioether (sulfide) groups is 1. The third-order valence-electron chi connectivity index (χ3n) is 3.59. The van der Waals surface area contributed by atoms with Crippen molar-refractivity contribution in [1.82, 2.24) is 0 Å². The minimum atomic E-state index is 0.151. The van der Waals surface area contributed by atoms with Gasteiger partial charge in [0.1, 0.15) is 0 Å². The zero-order valence-corrected chi connectivity index (χ0v) is 13.3. The Balaban J connectivity index is 1.83. The predicted molar refractivity (Wildman–Crippen MR) is 86.2 cm³/mol. The number of rotatable bonds is 1. The average Bonchev–Trinajstić information content (AvgIpc) is 2.95. The summed E-state index contributed by atoms with van der Waals surface area (Å²) in [6, 6.07) is 3.37. The fraction of sp³-hybridized carbons (Fsp3) is 0.462. The lowest BCUT2D eigenvalue weighted by molar-refractivity contribution is 0.508. The molecule has 1 heterocycles. The summed E-state index contributed by atoms with van der Waals surface area (Å²) in [7, 11) is 0. The first-order valence-electron chi connectivity index (χ1n) is 6.22. The van der Waals surface area contributed by atoms with Gasteiger partial charge in [0.05, 0.1) is 21.3 Å². The molecule has 0 atom stereocenters. The van der Waals surface area contributed by atoms with Crippen molar-refractivity contribution in [3.05, 3.63) is 27.2 Å². The Morgan fingerprint density at radius 2 is 1.74 bits per heavy atom. The van der Waals surface area contributed by atoms with Crippen molar-refractivity contribution in [2.75, 3.05) is 11.1 Å². The smallest absolute Gasteiger partial charge is 0.161 e. The molecule has 1 aromatic rings. The summed E-state index contributed by atoms with van der Waals surface area (Å²) in [5.41, 5.74) is 0.840. The summed E-state index contributed by atoms with van der Waals surface area (Å²) >= 11 is 20.0. The number of benzene rings is 1. The molecule has 1 N–H and O–H groups in total. The predicted octanol–water partition coefficient (Wildman–Crippen LogP) is 5.47. The van der Waals surface area contributed by atoms with Crippen molar-refractivity contribution in [3.63, 3.8) is 0 Å². The van der Waals surface area contributed by atoms with E-state index in [0.29, 0.717) is 20.8 Å². The van der Waals surface area contributed by atoms with Crippen molar-refractivity contribution in [3.8, 4) is 0 Å². The molecule has 6 heteroatoms. The molecule has 0 amide bonds. The second-order valence-electron chi connectivity index (χ2n) is 5.01. The lowest BCUT2D eigenvalue weighted by Crippen LogP contribution is -2.21. The second kappa shape index (κ2) is 5.36. The molecule has 1 spiro atoms. The fourth-order valence-corrected chi connectivity index (χ4v) is 4.71. The van der Waals surface area contributed by atoms with Gasteiger partial charge in [0.25, 0.3) is 0 Å². The summed E-state index contributed by atoms with van der Waals surface area (Å²) < 4.78 is 0. The van der Waals surface area contributed by atoms with Gasteiger partial charge in [-0.1, -0.05) is 59.4 Å². The van der Waals surface area contributed by atoms with E-state index >= 15 is 0 Å². The van der Waals surface area contributed by atoms with Gasteiger partial charge in [-0.2, -0.15) is 0 Å². The first-order chi connectivity index (χ1) is 9.08. The minimum Gasteiger partial charge on any atom is -0.333 e. The summed E-state index contributed by atoms with van der Waals surface area (Å²) in [5.74, 6) is 1.05. The van der Waals surface area contributed by atoms with E-state index < -0.39 is 0 Å². The number of nitrogens with one attached hydrogen (secondary N) is 1. The Morgan fingerprint density at radius 3 is 2.37 bits per heavy atom. The van der Waals surface area contributed by atoms with Crippen molar-refractivity contribution < 1.29 is 0 Å². The van der Waals surface area contributed by atoms with E-state index in [1.807, 2.05) is 0 Å². The van der Waals surface area contributed by atoms with Crippen LogP contribution in [0.1, 0.15) is 25.7 Å². The molecule has 1 aliphatic carbocycles. The summed E-state index contributed by atoms with van der Waals surface area (Å²) in [6.45, 7) is 0. The third kappa shape index (κ3) is 2.85. The normalized spacial score (nSPS) is 20.9. The number of hydrogen-bond donors (Lipinski definition) is 1. The van der Waals surface area contributed by atoms with E-state index in [2.05, 4.69) is 5.32 Å². The number of aliphatic imine (C=N–C) groups is 1. The monoisotopic (exact) mass is 334 g/mol. The SMILES string of the molecule is Clc1cc(Cl)c(NC2=NC3(CCCC3)CS2)c(Cl)c1. The summed E-state index contributed by atoms with van der Waals surface area (Å²) in [6.07, 6.45) is 4.93. The van der Waals surface area contributed by atoms with E-state index in [0.717, 1.165) is 10.9 Å². The zero-order valence-electron chi connectivity index (χ0n) is 10.2. The van der Waals surface area contributed by atoms with Crippen LogP contribution < -0.4 is 5.32 Å². The Hall–Kier alpha value is -0.0900. The highest BCUT2D eigenvalue weighted by Gasteiger charge is 2.38. The van der Waals surface area contributed by atoms with Crippen molar-refractivity contribution in [1.29, 1.82) is 0 Å². The van der Waals surface area contributed by atoms with E-state index in [4.69, 9.17) is 39.8 Å². The van der Waals surface area contributed by atoms with Crippen LogP contribution in [0.15, 0.2) is 17.1 Å². The van der Waals surface area contributed by atoms with Crippen molar-refractivity contribution >= 4 is 57.4 Å². The van der Waals surface area contributed by atoms with Crippen LogP contribution in [-0.4, -0.2) is 16.5 Å². The van der Waals surface area contributed by atoms with Crippen molar-refractivity contribution in [2.45, 2.75) is 31.2 Å². The van der Waals surface area contributed by atoms with Gasteiger partial charge in [0, 0.05) is 10.8 Å². The molecule has 1 fully saturated rings. The third-order valence-corrected chi connectivity index (χ3v) is 5.55. The first-order valence-corrected chi connectivity index (χ1v) is 8.34. The molecule has 0 aromatic heterocycles. The lowest BCUT2D eigenvalue weighted by atomic mass is 10.0. The van der Waals surface area contributed by atoms with Crippen molar-refractivity contribution in [2.24, 2.45) is 4.99 Å². The molecule has 102 valence electrons. The Labute approximate surface area is 131 Å². The fourth-order valence-electron chi connectivity index (χ4n) is 2.60. The van der Waals surface area contributed by atoms with Gasteiger partial charge < -0.3 is 5.32 Å². The van der Waals surface area contributed by atoms with E-state index in [1.54, 1.807) is 23.9 Å². The minimum absolute atomic E-state index is 0.151. The highest BCUT2D eigenvalue weighted by molar-refractivity contribution is 8.14. The van der Waals surface area contributed by atoms with Crippen LogP contribution in [0.25, 0.3) is 0 Å². The molecule has 19 heavy (non-hydrogen) atoms. The maximum absolute atomic E-state index is 6.17. The van der Waals surface area contributed by atoms with Crippen LogP contribution in [-0.2, 0) is 0 Å². The Morgan fingerprint density at radius 1 is 1.11 bits per heavy atom. The molecular formula is C13H13Cl3N2S. The molecule has 3 rings (SSSR count). The molecule has 1 aliphatic heterocycles. The maximum atomic E-state index is 6.17. The van der Waals surface area contributed by atoms with Gasteiger partial charge in [-0.25, -0.2) is 0 Å². The Kier molecular flexibility index (Phi) is 3.91. The first kappa shape index (κ1) is 13.9. The topological polar surface area (TPSA) is 24.4 Å². The number of amidine groups is 1. The van der Waals surface area contributed by atoms with Gasteiger partial charge in [0.2, 0.25) is 0 Å². The number of hydrogen-bond acceptors (Lipinski definition) is 3. The molecule has 0 unspecified atom stereocenters. The summed E-state index contributed by atoms with van der Waals surface area (Å²) in [5, 5.41) is 5.74. The van der Waals surface area contributed by atoms with Crippen LogP contribution in [0, 0.1) is 0 Å². The van der Waals surface area contributed by atoms with Crippen LogP contribution in [0.5, 0.6) is 0 Å². The molecule has 2 nitrogen and oxygen atoms in total. The largest absolute Gasteiger partial charge is 0.333 e. The van der Waals surface area contributed by atoms with Crippen LogP contribution >= 0.6 is 46.6 Å². The molecular weight excluding hydrogens is 323 g/mol. The summed E-state index contributed by atoms with van der Waals surface area (Å²) in [4.78, 5) is 4.84. The molecule has 1 aromatic carbocycles. The zero-order chi connectivity index (χ0) is 13.5. The number of halogens is 3. The number of anilines is 1. The molecule has 2 aliphatic rings. The van der Waals surface area contributed by atoms with Crippen LogP contribution in [0.4, 0.5) is 5.69 Å².